The first kappa shape index (κ1) is 19.3. The smallest absolute Gasteiger partial charge is 0.208 e. The van der Waals surface area contributed by atoms with Crippen LogP contribution in [-0.4, -0.2) is 47.9 Å². The standard InChI is InChI=1S/C17H31N3O3Si/c1-15(2,3)24(6,7)23-17(22-5)13(8-10-16(17,4)21)20-14-9-11-18-12-19-14/h9,11-13,21H,8,10H2,1-7H3,(H,18,19,20). The van der Waals surface area contributed by atoms with Crippen molar-refractivity contribution < 1.29 is 14.3 Å². The molecule has 2 N–H and O–H groups in total. The zero-order chi connectivity index (χ0) is 18.2. The minimum Gasteiger partial charge on any atom is -0.386 e. The highest BCUT2D eigenvalue weighted by Crippen LogP contribution is 2.49. The van der Waals surface area contributed by atoms with Gasteiger partial charge in [0.05, 0.1) is 6.04 Å². The van der Waals surface area contributed by atoms with Crippen LogP contribution in [0.15, 0.2) is 18.6 Å². The summed E-state index contributed by atoms with van der Waals surface area (Å²) in [4.78, 5) is 8.17. The molecule has 0 spiro atoms. The molecule has 0 amide bonds. The molecule has 2 rings (SSSR count). The van der Waals surface area contributed by atoms with Gasteiger partial charge in [-0.1, -0.05) is 20.8 Å². The number of rotatable bonds is 5. The van der Waals surface area contributed by atoms with E-state index in [1.54, 1.807) is 26.3 Å². The average Bonchev–Trinajstić information content (AvgIpc) is 2.71. The molecule has 6 nitrogen and oxygen atoms in total. The van der Waals surface area contributed by atoms with Gasteiger partial charge in [0.1, 0.15) is 17.7 Å². The topological polar surface area (TPSA) is 76.5 Å². The van der Waals surface area contributed by atoms with E-state index < -0.39 is 19.7 Å². The van der Waals surface area contributed by atoms with Crippen LogP contribution in [0.3, 0.4) is 0 Å². The quantitative estimate of drug-likeness (QED) is 0.625. The third-order valence-electron chi connectivity index (χ3n) is 5.55. The molecule has 1 heterocycles. The molecule has 0 radical (unpaired) electrons. The van der Waals surface area contributed by atoms with Crippen LogP contribution in [0.2, 0.25) is 18.1 Å². The minimum absolute atomic E-state index is 0.0106. The first-order valence-corrected chi connectivity index (χ1v) is 11.4. The van der Waals surface area contributed by atoms with Crippen molar-refractivity contribution >= 4 is 14.1 Å². The third-order valence-corrected chi connectivity index (χ3v) is 9.98. The van der Waals surface area contributed by atoms with Gasteiger partial charge < -0.3 is 19.6 Å². The van der Waals surface area contributed by atoms with Gasteiger partial charge in [0.25, 0.3) is 0 Å². The van der Waals surface area contributed by atoms with Crippen molar-refractivity contribution in [2.24, 2.45) is 0 Å². The van der Waals surface area contributed by atoms with E-state index in [1.807, 2.05) is 0 Å². The highest BCUT2D eigenvalue weighted by atomic mass is 28.4. The number of hydrogen-bond acceptors (Lipinski definition) is 6. The molecule has 1 saturated carbocycles. The van der Waals surface area contributed by atoms with Gasteiger partial charge in [0.2, 0.25) is 5.79 Å². The molecule has 3 atom stereocenters. The van der Waals surface area contributed by atoms with Gasteiger partial charge in [-0.05, 0) is 44.0 Å². The second-order valence-electron chi connectivity index (χ2n) is 8.34. The monoisotopic (exact) mass is 353 g/mol. The molecule has 3 unspecified atom stereocenters. The molecule has 24 heavy (non-hydrogen) atoms. The maximum atomic E-state index is 11.1. The van der Waals surface area contributed by atoms with Crippen molar-refractivity contribution in [3.8, 4) is 0 Å². The number of nitrogens with zero attached hydrogens (tertiary/aromatic N) is 2. The Hall–Kier alpha value is -1.02. The van der Waals surface area contributed by atoms with E-state index in [4.69, 9.17) is 9.16 Å². The van der Waals surface area contributed by atoms with Gasteiger partial charge in [0.15, 0.2) is 8.32 Å². The zero-order valence-corrected chi connectivity index (χ0v) is 16.9. The Morgan fingerprint density at radius 2 is 2.04 bits per heavy atom. The van der Waals surface area contributed by atoms with Crippen LogP contribution in [0, 0.1) is 0 Å². The fourth-order valence-corrected chi connectivity index (χ4v) is 4.51. The van der Waals surface area contributed by atoms with E-state index in [1.165, 1.54) is 6.33 Å². The Balaban J connectivity index is 2.37. The number of nitrogens with one attached hydrogen (secondary N) is 1. The molecule has 1 aliphatic rings. The number of ether oxygens (including phenoxy) is 1. The van der Waals surface area contributed by atoms with E-state index in [2.05, 4.69) is 49.1 Å². The first-order valence-electron chi connectivity index (χ1n) is 8.45. The Morgan fingerprint density at radius 1 is 1.38 bits per heavy atom. The fourth-order valence-electron chi connectivity index (χ4n) is 3.00. The fraction of sp³-hybridized carbons (Fsp3) is 0.765. The maximum absolute atomic E-state index is 11.1. The van der Waals surface area contributed by atoms with Gasteiger partial charge in [0, 0.05) is 13.3 Å². The average molecular weight is 354 g/mol. The lowest BCUT2D eigenvalue weighted by Gasteiger charge is -2.50. The van der Waals surface area contributed by atoms with Gasteiger partial charge >= 0.3 is 0 Å². The van der Waals surface area contributed by atoms with Crippen molar-refractivity contribution in [1.82, 2.24) is 9.97 Å². The molecule has 1 aliphatic carbocycles. The van der Waals surface area contributed by atoms with E-state index in [0.717, 1.165) is 6.42 Å². The summed E-state index contributed by atoms with van der Waals surface area (Å²) >= 11 is 0. The molecule has 0 aromatic carbocycles. The summed E-state index contributed by atoms with van der Waals surface area (Å²) in [6.45, 7) is 12.7. The SMILES string of the molecule is COC1(O[Si](C)(C)C(C)(C)C)C(Nc2ccncn2)CCC1(C)O. The summed E-state index contributed by atoms with van der Waals surface area (Å²) in [5.41, 5.74) is -1.08. The summed E-state index contributed by atoms with van der Waals surface area (Å²) in [7, 11) is -0.556. The van der Waals surface area contributed by atoms with E-state index in [9.17, 15) is 5.11 Å². The van der Waals surface area contributed by atoms with Crippen LogP contribution >= 0.6 is 0 Å². The molecule has 1 fully saturated rings. The molecular formula is C17H31N3O3Si. The van der Waals surface area contributed by atoms with Crippen molar-refractivity contribution in [3.63, 3.8) is 0 Å². The summed E-state index contributed by atoms with van der Waals surface area (Å²) in [6, 6.07) is 1.61. The van der Waals surface area contributed by atoms with Gasteiger partial charge in [-0.15, -0.1) is 0 Å². The van der Waals surface area contributed by atoms with Gasteiger partial charge in [-0.25, -0.2) is 9.97 Å². The summed E-state index contributed by atoms with van der Waals surface area (Å²) in [5.74, 6) is -0.408. The summed E-state index contributed by atoms with van der Waals surface area (Å²) in [5, 5.41) is 14.5. The molecular weight excluding hydrogens is 322 g/mol. The number of methoxy groups -OCH3 is 1. The highest BCUT2D eigenvalue weighted by Gasteiger charge is 2.62. The second kappa shape index (κ2) is 6.37. The predicted molar refractivity (Wildman–Crippen MR) is 97.3 cm³/mol. The van der Waals surface area contributed by atoms with Crippen LogP contribution in [0.4, 0.5) is 5.82 Å². The lowest BCUT2D eigenvalue weighted by Crippen LogP contribution is -2.64. The number of aliphatic hydroxyl groups is 1. The predicted octanol–water partition coefficient (Wildman–Crippen LogP) is 3.17. The third kappa shape index (κ3) is 3.35. The van der Waals surface area contributed by atoms with E-state index in [0.29, 0.717) is 12.2 Å². The molecule has 1 aromatic rings. The molecule has 1 aromatic heterocycles. The Labute approximate surface area is 146 Å². The molecule has 0 bridgehead atoms. The maximum Gasteiger partial charge on any atom is 0.208 e. The van der Waals surface area contributed by atoms with Crippen LogP contribution in [0.5, 0.6) is 0 Å². The molecule has 0 saturated heterocycles. The number of anilines is 1. The van der Waals surface area contributed by atoms with Crippen molar-refractivity contribution in [2.75, 3.05) is 12.4 Å². The zero-order valence-electron chi connectivity index (χ0n) is 15.9. The molecule has 7 heteroatoms. The number of hydrogen-bond donors (Lipinski definition) is 2. The van der Waals surface area contributed by atoms with E-state index in [-0.39, 0.29) is 11.1 Å². The van der Waals surface area contributed by atoms with Crippen LogP contribution in [-0.2, 0) is 9.16 Å². The first-order chi connectivity index (χ1) is 11.0. The van der Waals surface area contributed by atoms with Gasteiger partial charge in [-0.3, -0.25) is 0 Å². The number of aromatic nitrogens is 2. The minimum atomic E-state index is -2.17. The Bertz CT molecular complexity index is 560. The summed E-state index contributed by atoms with van der Waals surface area (Å²) < 4.78 is 12.5. The molecule has 136 valence electrons. The van der Waals surface area contributed by atoms with Crippen LogP contribution < -0.4 is 5.32 Å². The highest BCUT2D eigenvalue weighted by molar-refractivity contribution is 6.74. The van der Waals surface area contributed by atoms with Crippen molar-refractivity contribution in [3.05, 3.63) is 18.6 Å². The normalized spacial score (nSPS) is 31.2. The Kier molecular flexibility index (Phi) is 5.12. The Morgan fingerprint density at radius 3 is 2.54 bits per heavy atom. The van der Waals surface area contributed by atoms with Gasteiger partial charge in [-0.2, -0.15) is 0 Å². The lowest BCUT2D eigenvalue weighted by molar-refractivity contribution is -0.259. The van der Waals surface area contributed by atoms with E-state index >= 15 is 0 Å². The molecule has 0 aliphatic heterocycles. The summed E-state index contributed by atoms with van der Waals surface area (Å²) in [6.07, 6.45) is 4.52. The largest absolute Gasteiger partial charge is 0.386 e. The van der Waals surface area contributed by atoms with Crippen molar-refractivity contribution in [2.45, 2.75) is 76.1 Å². The van der Waals surface area contributed by atoms with Crippen LogP contribution in [0.1, 0.15) is 40.5 Å². The second-order valence-corrected chi connectivity index (χ2v) is 13.1. The van der Waals surface area contributed by atoms with Crippen molar-refractivity contribution in [1.29, 1.82) is 0 Å². The van der Waals surface area contributed by atoms with Crippen LogP contribution in [0.25, 0.3) is 0 Å². The lowest BCUT2D eigenvalue weighted by atomic mass is 9.97.